The van der Waals surface area contributed by atoms with Crippen molar-refractivity contribution in [1.29, 1.82) is 5.26 Å². The minimum atomic E-state index is -0.353. The van der Waals surface area contributed by atoms with E-state index in [2.05, 4.69) is 57.9 Å². The van der Waals surface area contributed by atoms with Gasteiger partial charge >= 0.3 is 0 Å². The first kappa shape index (κ1) is 28.9. The van der Waals surface area contributed by atoms with E-state index < -0.39 is 0 Å². The van der Waals surface area contributed by atoms with Crippen LogP contribution in [0.15, 0.2) is 54.4 Å². The van der Waals surface area contributed by atoms with Gasteiger partial charge in [-0.05, 0) is 61.5 Å². The number of nitrogens with zero attached hydrogens (tertiary/aromatic N) is 6. The van der Waals surface area contributed by atoms with Crippen LogP contribution in [0.5, 0.6) is 5.88 Å². The number of hydrogen-bond acceptors (Lipinski definition) is 7. The predicted molar refractivity (Wildman–Crippen MR) is 173 cm³/mol. The maximum atomic E-state index is 12.6. The largest absolute Gasteiger partial charge is 0.475 e. The molecule has 8 nitrogen and oxygen atoms in total. The Labute approximate surface area is 260 Å². The number of piperazine rings is 1. The molecule has 2 saturated heterocycles. The molecule has 43 heavy (non-hydrogen) atoms. The second-order valence-electron chi connectivity index (χ2n) is 11.0. The molecule has 2 aliphatic rings. The zero-order valence-electron chi connectivity index (χ0n) is 23.9. The van der Waals surface area contributed by atoms with Crippen LogP contribution in [0, 0.1) is 17.9 Å². The molecule has 4 aromatic rings. The fourth-order valence-corrected chi connectivity index (χ4v) is 7.48. The van der Waals surface area contributed by atoms with Crippen LogP contribution < -0.4 is 9.64 Å². The lowest BCUT2D eigenvalue weighted by Crippen LogP contribution is -2.56. The van der Waals surface area contributed by atoms with E-state index in [1.165, 1.54) is 6.08 Å². The quantitative estimate of drug-likeness (QED) is 0.182. The first-order valence-electron chi connectivity index (χ1n) is 14.3. The molecule has 0 spiro atoms. The fraction of sp³-hybridized carbons (Fsp3) is 0.333. The molecule has 1 amide bonds. The third kappa shape index (κ3) is 5.41. The van der Waals surface area contributed by atoms with Crippen LogP contribution in [0.3, 0.4) is 0 Å². The summed E-state index contributed by atoms with van der Waals surface area (Å²) in [5, 5.41) is 15.0. The van der Waals surface area contributed by atoms with Crippen molar-refractivity contribution < 1.29 is 9.53 Å². The number of rotatable bonds is 7. The van der Waals surface area contributed by atoms with Crippen LogP contribution in [0.1, 0.15) is 18.4 Å². The maximum Gasteiger partial charge on any atom is 0.246 e. The second kappa shape index (κ2) is 12.2. The summed E-state index contributed by atoms with van der Waals surface area (Å²) < 4.78 is 7.49. The Morgan fingerprint density at radius 3 is 2.88 bits per heavy atom. The van der Waals surface area contributed by atoms with Crippen molar-refractivity contribution in [3.8, 4) is 23.1 Å². The van der Waals surface area contributed by atoms with Crippen LogP contribution in [0.25, 0.3) is 37.0 Å². The molecule has 2 aliphatic heterocycles. The van der Waals surface area contributed by atoms with Gasteiger partial charge in [-0.25, -0.2) is 11.6 Å². The normalized spacial score (nSPS) is 19.0. The zero-order valence-corrected chi connectivity index (χ0v) is 25.5. The number of carbonyl (C=O) groups excluding carboxylic acids is 1. The van der Waals surface area contributed by atoms with Crippen LogP contribution in [-0.4, -0.2) is 79.2 Å². The van der Waals surface area contributed by atoms with E-state index in [4.69, 9.17) is 27.9 Å². The summed E-state index contributed by atoms with van der Waals surface area (Å²) in [7, 11) is 2.09. The van der Waals surface area contributed by atoms with E-state index in [1.54, 1.807) is 16.2 Å². The van der Waals surface area contributed by atoms with Gasteiger partial charge in [-0.2, -0.15) is 5.26 Å². The monoisotopic (exact) mass is 610 g/mol. The molecule has 0 radical (unpaired) electrons. The number of benzene rings is 2. The van der Waals surface area contributed by atoms with Crippen LogP contribution >= 0.6 is 22.9 Å². The van der Waals surface area contributed by atoms with Gasteiger partial charge in [0.05, 0.1) is 11.2 Å². The summed E-state index contributed by atoms with van der Waals surface area (Å²) in [6, 6.07) is 14.4. The number of likely N-dealkylation sites (tertiary alicyclic amines) is 1. The number of amides is 1. The maximum absolute atomic E-state index is 12.6. The summed E-state index contributed by atoms with van der Waals surface area (Å²) in [4.78, 5) is 27.2. The molecule has 2 aromatic carbocycles. The number of aromatic nitrogens is 1. The van der Waals surface area contributed by atoms with Crippen LogP contribution in [-0.2, 0) is 4.79 Å². The molecule has 2 atom stereocenters. The Balaban J connectivity index is 1.50. The molecule has 0 N–H and O–H groups in total. The highest BCUT2D eigenvalue weighted by Gasteiger charge is 2.34. The molecule has 2 aromatic heterocycles. The number of halogens is 1. The molecule has 0 bridgehead atoms. The van der Waals surface area contributed by atoms with Gasteiger partial charge in [0.15, 0.2) is 0 Å². The van der Waals surface area contributed by atoms with Gasteiger partial charge < -0.3 is 24.3 Å². The summed E-state index contributed by atoms with van der Waals surface area (Å²) in [5.74, 6) is 0.0905. The molecule has 218 valence electrons. The fourth-order valence-electron chi connectivity index (χ4n) is 6.28. The molecule has 10 heteroatoms. The predicted octanol–water partition coefficient (Wildman–Crippen LogP) is 6.24. The van der Waals surface area contributed by atoms with Gasteiger partial charge in [-0.1, -0.05) is 36.4 Å². The highest BCUT2D eigenvalue weighted by Crippen LogP contribution is 2.43. The lowest BCUT2D eigenvalue weighted by Gasteiger charge is -2.40. The lowest BCUT2D eigenvalue weighted by atomic mass is 9.99. The Morgan fingerprint density at radius 2 is 2.14 bits per heavy atom. The molecule has 0 unspecified atom stereocenters. The van der Waals surface area contributed by atoms with Gasteiger partial charge in [0.2, 0.25) is 18.3 Å². The molecular weight excluding hydrogens is 580 g/mol. The summed E-state index contributed by atoms with van der Waals surface area (Å²) in [6.45, 7) is 14.0. The zero-order chi connectivity index (χ0) is 30.1. The van der Waals surface area contributed by atoms with E-state index in [0.717, 1.165) is 46.0 Å². The van der Waals surface area contributed by atoms with Gasteiger partial charge in [0, 0.05) is 51.9 Å². The Hall–Kier alpha value is -4.15. The third-order valence-corrected chi connectivity index (χ3v) is 9.81. The van der Waals surface area contributed by atoms with Gasteiger partial charge in [-0.15, -0.1) is 11.3 Å². The Kier molecular flexibility index (Phi) is 8.23. The van der Waals surface area contributed by atoms with Crippen molar-refractivity contribution in [2.75, 3.05) is 51.3 Å². The average molecular weight is 611 g/mol. The number of carbonyl (C=O) groups is 1. The highest BCUT2D eigenvalue weighted by molar-refractivity contribution is 7.17. The lowest BCUT2D eigenvalue weighted by molar-refractivity contribution is -0.128. The first-order chi connectivity index (χ1) is 20.9. The molecule has 4 heterocycles. The average Bonchev–Trinajstić information content (AvgIpc) is 3.67. The molecule has 6 rings (SSSR count). The van der Waals surface area contributed by atoms with Gasteiger partial charge in [0.25, 0.3) is 0 Å². The topological polar surface area (TPSA) is 77.1 Å². The Bertz CT molecular complexity index is 1810. The van der Waals surface area contributed by atoms with Crippen molar-refractivity contribution in [2.45, 2.75) is 24.9 Å². The van der Waals surface area contributed by atoms with Crippen molar-refractivity contribution in [1.82, 2.24) is 14.8 Å². The van der Waals surface area contributed by atoms with E-state index in [1.807, 2.05) is 18.2 Å². The van der Waals surface area contributed by atoms with E-state index in [9.17, 15) is 10.1 Å². The summed E-state index contributed by atoms with van der Waals surface area (Å²) in [5.41, 5.74) is 3.56. The van der Waals surface area contributed by atoms with Crippen LogP contribution in [0.4, 0.5) is 5.69 Å². The number of hydrogen-bond donors (Lipinski definition) is 0. The number of anilines is 1. The second-order valence-corrected chi connectivity index (χ2v) is 12.3. The smallest absolute Gasteiger partial charge is 0.246 e. The minimum absolute atomic E-state index is 0.147. The van der Waals surface area contributed by atoms with E-state index in [-0.39, 0.29) is 24.5 Å². The number of nitriles is 1. The van der Waals surface area contributed by atoms with Gasteiger partial charge in [-0.3, -0.25) is 4.79 Å². The summed E-state index contributed by atoms with van der Waals surface area (Å²) in [6.07, 6.45) is 3.43. The van der Waals surface area contributed by atoms with Crippen molar-refractivity contribution in [2.24, 2.45) is 0 Å². The highest BCUT2D eigenvalue weighted by atomic mass is 35.5. The van der Waals surface area contributed by atoms with Crippen molar-refractivity contribution in [3.05, 3.63) is 76.4 Å². The Morgan fingerprint density at radius 1 is 1.28 bits per heavy atom. The number of fused-ring (bicyclic) bond motifs is 2. The SMILES string of the molecule is [C-]#[N+]C[C@H]1CN(c2c(C#N)c(OC[C@@H]3CCCN3C)nc3cc(-c4cccc5ccsc45)c(Cl)cc23)CCN1C(=O)C=C. The number of likely N-dealkylation sites (N-methyl/N-ethyl adjacent to an activating group) is 1. The molecule has 2 fully saturated rings. The molecular formula is C33H31ClN6O2S. The minimum Gasteiger partial charge on any atom is -0.475 e. The van der Waals surface area contributed by atoms with Crippen molar-refractivity contribution >= 4 is 55.5 Å². The number of thiophene rings is 1. The van der Waals surface area contributed by atoms with Crippen molar-refractivity contribution in [3.63, 3.8) is 0 Å². The van der Waals surface area contributed by atoms with E-state index in [0.29, 0.717) is 53.9 Å². The third-order valence-electron chi connectivity index (χ3n) is 8.54. The van der Waals surface area contributed by atoms with E-state index >= 15 is 0 Å². The van der Waals surface area contributed by atoms with Crippen LogP contribution in [0.2, 0.25) is 5.02 Å². The standard InChI is InChI=1S/C33H31ClN6O2S/c1-4-30(41)40-13-12-39(19-23(40)18-36-2)31-26-15-28(34)25(24-9-5-7-21-10-14-43-32(21)24)16-29(26)37-33(27(31)17-35)42-20-22-8-6-11-38(22)3/h4-5,7,9-10,14-16,22-23H,1,6,8,11-13,18-20H2,3H3/t22-,23-/m0/s1. The number of ether oxygens (including phenoxy) is 1. The number of pyridine rings is 1. The molecule has 0 aliphatic carbocycles. The first-order valence-corrected chi connectivity index (χ1v) is 15.6. The van der Waals surface area contributed by atoms with Gasteiger partial charge in [0.1, 0.15) is 24.3 Å². The molecule has 0 saturated carbocycles. The summed E-state index contributed by atoms with van der Waals surface area (Å²) >= 11 is 8.68.